The SMILES string of the molecule is Nc1ccc(S(=O)(=O)Oc2ccccc2Br)cc1N. The molecule has 0 aromatic heterocycles. The highest BCUT2D eigenvalue weighted by atomic mass is 79.9. The van der Waals surface area contributed by atoms with Crippen molar-refractivity contribution in [1.29, 1.82) is 0 Å². The van der Waals surface area contributed by atoms with E-state index in [0.717, 1.165) is 0 Å². The van der Waals surface area contributed by atoms with E-state index in [0.29, 0.717) is 10.2 Å². The number of para-hydroxylation sites is 1. The summed E-state index contributed by atoms with van der Waals surface area (Å²) in [5, 5.41) is 0. The summed E-state index contributed by atoms with van der Waals surface area (Å²) in [6, 6.07) is 10.7. The van der Waals surface area contributed by atoms with E-state index in [1.807, 2.05) is 0 Å². The van der Waals surface area contributed by atoms with Crippen LogP contribution in [0.25, 0.3) is 0 Å². The van der Waals surface area contributed by atoms with Crippen molar-refractivity contribution in [3.05, 3.63) is 46.9 Å². The fourth-order valence-electron chi connectivity index (χ4n) is 1.39. The topological polar surface area (TPSA) is 95.4 Å². The lowest BCUT2D eigenvalue weighted by atomic mass is 10.3. The molecule has 0 aliphatic carbocycles. The maximum Gasteiger partial charge on any atom is 0.339 e. The Morgan fingerprint density at radius 1 is 1.00 bits per heavy atom. The van der Waals surface area contributed by atoms with Crippen LogP contribution in [-0.4, -0.2) is 8.42 Å². The van der Waals surface area contributed by atoms with Gasteiger partial charge >= 0.3 is 10.1 Å². The lowest BCUT2D eigenvalue weighted by Crippen LogP contribution is -2.11. The molecule has 2 aromatic rings. The van der Waals surface area contributed by atoms with Gasteiger partial charge in [0.25, 0.3) is 0 Å². The minimum absolute atomic E-state index is 0.0463. The maximum atomic E-state index is 12.1. The van der Waals surface area contributed by atoms with Crippen molar-refractivity contribution >= 4 is 37.4 Å². The number of halogens is 1. The van der Waals surface area contributed by atoms with Crippen molar-refractivity contribution in [1.82, 2.24) is 0 Å². The van der Waals surface area contributed by atoms with Gasteiger partial charge in [0.15, 0.2) is 5.75 Å². The van der Waals surface area contributed by atoms with E-state index in [4.69, 9.17) is 15.7 Å². The van der Waals surface area contributed by atoms with E-state index in [2.05, 4.69) is 15.9 Å². The molecule has 0 fully saturated rings. The van der Waals surface area contributed by atoms with Crippen molar-refractivity contribution in [3.8, 4) is 5.75 Å². The number of hydrogen-bond donors (Lipinski definition) is 2. The molecule has 2 rings (SSSR count). The van der Waals surface area contributed by atoms with E-state index in [-0.39, 0.29) is 16.3 Å². The maximum absolute atomic E-state index is 12.1. The average molecular weight is 343 g/mol. The minimum atomic E-state index is -3.94. The molecular weight excluding hydrogens is 332 g/mol. The summed E-state index contributed by atoms with van der Waals surface area (Å²) in [6.07, 6.45) is 0. The normalized spacial score (nSPS) is 11.2. The number of hydrogen-bond acceptors (Lipinski definition) is 5. The molecule has 0 saturated carbocycles. The lowest BCUT2D eigenvalue weighted by Gasteiger charge is -2.09. The predicted molar refractivity (Wildman–Crippen MR) is 77.2 cm³/mol. The van der Waals surface area contributed by atoms with Gasteiger partial charge in [-0.25, -0.2) is 0 Å². The highest BCUT2D eigenvalue weighted by Crippen LogP contribution is 2.28. The van der Waals surface area contributed by atoms with Crippen LogP contribution in [0.2, 0.25) is 0 Å². The Morgan fingerprint density at radius 2 is 1.68 bits per heavy atom. The third-order valence-electron chi connectivity index (χ3n) is 2.38. The first-order valence-corrected chi connectivity index (χ1v) is 7.44. The number of nitrogens with two attached hydrogens (primary N) is 2. The van der Waals surface area contributed by atoms with Crippen LogP contribution in [0.5, 0.6) is 5.75 Å². The molecule has 7 heteroatoms. The van der Waals surface area contributed by atoms with Crippen LogP contribution in [0.4, 0.5) is 11.4 Å². The molecule has 0 saturated heterocycles. The van der Waals surface area contributed by atoms with Gasteiger partial charge in [-0.1, -0.05) is 12.1 Å². The van der Waals surface area contributed by atoms with Gasteiger partial charge in [-0.3, -0.25) is 0 Å². The molecule has 4 N–H and O–H groups in total. The molecule has 0 radical (unpaired) electrons. The zero-order valence-electron chi connectivity index (χ0n) is 9.71. The molecule has 2 aromatic carbocycles. The Kier molecular flexibility index (Phi) is 3.68. The molecule has 19 heavy (non-hydrogen) atoms. The second kappa shape index (κ2) is 5.10. The van der Waals surface area contributed by atoms with Crippen LogP contribution in [0.3, 0.4) is 0 Å². The smallest absolute Gasteiger partial charge is 0.339 e. The standard InChI is InChI=1S/C12H11BrN2O3S/c13-9-3-1-2-4-12(9)18-19(16,17)8-5-6-10(14)11(15)7-8/h1-7H,14-15H2. The van der Waals surface area contributed by atoms with Crippen LogP contribution >= 0.6 is 15.9 Å². The van der Waals surface area contributed by atoms with Crippen molar-refractivity contribution in [2.75, 3.05) is 11.5 Å². The zero-order chi connectivity index (χ0) is 14.0. The molecule has 0 aliphatic rings. The molecule has 0 spiro atoms. The number of nitrogen functional groups attached to an aromatic ring is 2. The summed E-state index contributed by atoms with van der Waals surface area (Å²) in [5.74, 6) is 0.206. The van der Waals surface area contributed by atoms with E-state index in [1.54, 1.807) is 24.3 Å². The molecule has 0 heterocycles. The van der Waals surface area contributed by atoms with Crippen LogP contribution < -0.4 is 15.7 Å². The Bertz CT molecular complexity index is 717. The van der Waals surface area contributed by atoms with Crippen LogP contribution in [0.15, 0.2) is 51.8 Å². The Hall–Kier alpha value is -1.73. The van der Waals surface area contributed by atoms with Gasteiger partial charge in [0, 0.05) is 0 Å². The quantitative estimate of drug-likeness (QED) is 0.659. The monoisotopic (exact) mass is 342 g/mol. The van der Waals surface area contributed by atoms with Gasteiger partial charge in [-0.05, 0) is 46.3 Å². The van der Waals surface area contributed by atoms with Crippen LogP contribution in [0, 0.1) is 0 Å². The van der Waals surface area contributed by atoms with Gasteiger partial charge in [-0.2, -0.15) is 8.42 Å². The molecule has 0 amide bonds. The summed E-state index contributed by atoms with van der Waals surface area (Å²) in [5.41, 5.74) is 11.6. The molecular formula is C12H11BrN2O3S. The lowest BCUT2D eigenvalue weighted by molar-refractivity contribution is 0.484. The third kappa shape index (κ3) is 2.99. The van der Waals surface area contributed by atoms with Gasteiger partial charge in [-0.15, -0.1) is 0 Å². The van der Waals surface area contributed by atoms with Crippen molar-refractivity contribution in [3.63, 3.8) is 0 Å². The predicted octanol–water partition coefficient (Wildman–Crippen LogP) is 2.38. The first-order chi connectivity index (χ1) is 8.90. The van der Waals surface area contributed by atoms with E-state index >= 15 is 0 Å². The average Bonchev–Trinajstić information content (AvgIpc) is 2.35. The Balaban J connectivity index is 2.38. The van der Waals surface area contributed by atoms with Crippen LogP contribution in [-0.2, 0) is 10.1 Å². The Labute approximate surface area is 119 Å². The minimum Gasteiger partial charge on any atom is -0.397 e. The zero-order valence-corrected chi connectivity index (χ0v) is 12.1. The molecule has 100 valence electrons. The second-order valence-electron chi connectivity index (χ2n) is 3.76. The highest BCUT2D eigenvalue weighted by Gasteiger charge is 2.18. The molecule has 5 nitrogen and oxygen atoms in total. The summed E-state index contributed by atoms with van der Waals surface area (Å²) >= 11 is 3.21. The summed E-state index contributed by atoms with van der Waals surface area (Å²) in [7, 11) is -3.94. The molecule has 0 bridgehead atoms. The van der Waals surface area contributed by atoms with E-state index < -0.39 is 10.1 Å². The number of anilines is 2. The first kappa shape index (κ1) is 13.7. The molecule has 0 aliphatic heterocycles. The largest absolute Gasteiger partial charge is 0.397 e. The van der Waals surface area contributed by atoms with Crippen molar-refractivity contribution in [2.45, 2.75) is 4.90 Å². The fourth-order valence-corrected chi connectivity index (χ4v) is 2.84. The van der Waals surface area contributed by atoms with E-state index in [9.17, 15) is 8.42 Å². The second-order valence-corrected chi connectivity index (χ2v) is 6.16. The third-order valence-corrected chi connectivity index (χ3v) is 4.27. The number of rotatable bonds is 3. The van der Waals surface area contributed by atoms with Gasteiger partial charge < -0.3 is 15.7 Å². The van der Waals surface area contributed by atoms with Gasteiger partial charge in [0.05, 0.1) is 15.8 Å². The highest BCUT2D eigenvalue weighted by molar-refractivity contribution is 9.10. The van der Waals surface area contributed by atoms with Gasteiger partial charge in [0.1, 0.15) is 4.90 Å². The number of benzene rings is 2. The molecule has 0 unspecified atom stereocenters. The summed E-state index contributed by atoms with van der Waals surface area (Å²) < 4.78 is 29.7. The van der Waals surface area contributed by atoms with Crippen molar-refractivity contribution < 1.29 is 12.6 Å². The first-order valence-electron chi connectivity index (χ1n) is 5.24. The summed E-state index contributed by atoms with van der Waals surface area (Å²) in [6.45, 7) is 0. The van der Waals surface area contributed by atoms with Gasteiger partial charge in [0.2, 0.25) is 0 Å². The molecule has 0 atom stereocenters. The van der Waals surface area contributed by atoms with Crippen LogP contribution in [0.1, 0.15) is 0 Å². The summed E-state index contributed by atoms with van der Waals surface area (Å²) in [4.78, 5) is -0.0463. The van der Waals surface area contributed by atoms with E-state index in [1.165, 1.54) is 18.2 Å². The fraction of sp³-hybridized carbons (Fsp3) is 0. The Morgan fingerprint density at radius 3 is 2.32 bits per heavy atom. The van der Waals surface area contributed by atoms with Crippen molar-refractivity contribution in [2.24, 2.45) is 0 Å².